The SMILES string of the molecule is C.CC1(C)c2ccccc2-c2ccc(Br)cc21.CC1(C)c2ccccc2-c2ccc(Nc3ccc(-c4ccc5ccccc5c4)cc3-c3ccccc3)cc21.Nc1ccc(-c2ccc3ccccc3c2)cc1-c1ccccc1. The summed E-state index contributed by atoms with van der Waals surface area (Å²) in [6.07, 6.45) is 0. The molecule has 12 aromatic carbocycles. The number of nitrogens with one attached hydrogen (secondary N) is 1. The van der Waals surface area contributed by atoms with E-state index >= 15 is 0 Å². The van der Waals surface area contributed by atoms with E-state index < -0.39 is 0 Å². The lowest BCUT2D eigenvalue weighted by Gasteiger charge is -2.22. The van der Waals surface area contributed by atoms with Crippen LogP contribution < -0.4 is 11.1 Å². The van der Waals surface area contributed by atoms with Crippen LogP contribution in [0.15, 0.2) is 271 Å². The summed E-state index contributed by atoms with van der Waals surface area (Å²) in [5, 5.41) is 8.81. The predicted molar refractivity (Wildman–Crippen MR) is 340 cm³/mol. The second-order valence-electron chi connectivity index (χ2n) is 21.3. The molecule has 0 saturated carbocycles. The van der Waals surface area contributed by atoms with Gasteiger partial charge in [0.25, 0.3) is 0 Å². The summed E-state index contributed by atoms with van der Waals surface area (Å²) in [7, 11) is 0. The molecule has 0 fully saturated rings. The third-order valence-electron chi connectivity index (χ3n) is 15.8. The lowest BCUT2D eigenvalue weighted by molar-refractivity contribution is 0.660. The van der Waals surface area contributed by atoms with Gasteiger partial charge >= 0.3 is 0 Å². The van der Waals surface area contributed by atoms with E-state index in [9.17, 15) is 0 Å². The lowest BCUT2D eigenvalue weighted by Crippen LogP contribution is -2.15. The molecule has 12 aromatic rings. The van der Waals surface area contributed by atoms with E-state index in [1.165, 1.54) is 99.4 Å². The molecule has 0 spiro atoms. The van der Waals surface area contributed by atoms with Gasteiger partial charge in [-0.1, -0.05) is 257 Å². The number of benzene rings is 12. The standard InChI is InChI=1S/C37H29N.C22H17N.C15H13Br.CH4/c1-37(2)34-15-9-8-14-31(34)32-20-19-30(24-35(32)37)38-36-21-18-29(23-33(36)26-11-4-3-5-12-26)28-17-16-25-10-6-7-13-27(25)22-28;23-22-13-12-20(15-21(22)17-7-2-1-3-8-17)19-11-10-16-6-4-5-9-18(16)14-19;1-15(2)13-6-4-3-5-11(13)12-8-7-10(16)9-14(12)15;/h3-24,38H,1-2H3;1-15H,23H2;3-9H,1-2H3;1H4. The van der Waals surface area contributed by atoms with Crippen molar-refractivity contribution in [3.05, 3.63) is 294 Å². The van der Waals surface area contributed by atoms with Crippen molar-refractivity contribution in [2.45, 2.75) is 46.0 Å². The van der Waals surface area contributed by atoms with Crippen molar-refractivity contribution in [1.29, 1.82) is 0 Å². The quantitative estimate of drug-likeness (QED) is 0.163. The van der Waals surface area contributed by atoms with Crippen LogP contribution in [-0.2, 0) is 10.8 Å². The Morgan fingerprint density at radius 2 is 0.718 bits per heavy atom. The first-order valence-electron chi connectivity index (χ1n) is 26.5. The van der Waals surface area contributed by atoms with Crippen LogP contribution in [0, 0.1) is 0 Å². The van der Waals surface area contributed by atoms with E-state index in [1.807, 2.05) is 24.3 Å². The molecular weight excluding hydrogens is 1010 g/mol. The molecule has 2 aliphatic rings. The molecule has 380 valence electrons. The van der Waals surface area contributed by atoms with Gasteiger partial charge in [-0.2, -0.15) is 0 Å². The highest BCUT2D eigenvalue weighted by Gasteiger charge is 2.36. The Hall–Kier alpha value is -8.76. The van der Waals surface area contributed by atoms with Gasteiger partial charge in [-0.3, -0.25) is 0 Å². The molecule has 0 atom stereocenters. The Morgan fingerprint density at radius 3 is 1.28 bits per heavy atom. The number of fused-ring (bicyclic) bond motifs is 8. The predicted octanol–water partition coefficient (Wildman–Crippen LogP) is 21.4. The molecule has 0 bridgehead atoms. The van der Waals surface area contributed by atoms with E-state index in [0.717, 1.165) is 32.7 Å². The third-order valence-corrected chi connectivity index (χ3v) is 16.3. The zero-order chi connectivity index (χ0) is 52.7. The molecule has 3 N–H and O–H groups in total. The monoisotopic (exact) mass is 1070 g/mol. The fourth-order valence-corrected chi connectivity index (χ4v) is 12.0. The van der Waals surface area contributed by atoms with E-state index in [1.54, 1.807) is 0 Å². The maximum Gasteiger partial charge on any atom is 0.0464 e. The summed E-state index contributed by atoms with van der Waals surface area (Å²) in [6, 6.07) is 95.1. The first kappa shape index (κ1) is 51.4. The van der Waals surface area contributed by atoms with Gasteiger partial charge in [-0.25, -0.2) is 0 Å². The van der Waals surface area contributed by atoms with Crippen molar-refractivity contribution in [2.75, 3.05) is 11.1 Å². The number of halogens is 1. The maximum absolute atomic E-state index is 6.19. The minimum atomic E-state index is -0.0220. The summed E-state index contributed by atoms with van der Waals surface area (Å²) >= 11 is 3.56. The molecule has 0 radical (unpaired) electrons. The van der Waals surface area contributed by atoms with Crippen molar-refractivity contribution in [3.63, 3.8) is 0 Å². The van der Waals surface area contributed by atoms with Gasteiger partial charge in [0.05, 0.1) is 0 Å². The Labute approximate surface area is 469 Å². The van der Waals surface area contributed by atoms with E-state index in [0.29, 0.717) is 0 Å². The molecule has 0 heterocycles. The van der Waals surface area contributed by atoms with E-state index in [-0.39, 0.29) is 18.3 Å². The molecule has 78 heavy (non-hydrogen) atoms. The van der Waals surface area contributed by atoms with Crippen LogP contribution >= 0.6 is 15.9 Å². The average Bonchev–Trinajstić information content (AvgIpc) is 4.08. The minimum absolute atomic E-state index is 0. The van der Waals surface area contributed by atoms with Gasteiger partial charge < -0.3 is 11.1 Å². The fraction of sp³-hybridized carbons (Fsp3) is 0.0933. The average molecular weight is 1070 g/mol. The van der Waals surface area contributed by atoms with Crippen LogP contribution in [0.2, 0.25) is 0 Å². The van der Waals surface area contributed by atoms with Crippen LogP contribution in [0.3, 0.4) is 0 Å². The largest absolute Gasteiger partial charge is 0.398 e. The van der Waals surface area contributed by atoms with Crippen LogP contribution in [0.5, 0.6) is 0 Å². The number of rotatable bonds is 6. The molecule has 0 unspecified atom stereocenters. The van der Waals surface area contributed by atoms with Crippen LogP contribution in [0.25, 0.3) is 88.3 Å². The highest BCUT2D eigenvalue weighted by atomic mass is 79.9. The number of nitrogens with two attached hydrogens (primary N) is 1. The molecule has 0 amide bonds. The summed E-state index contributed by atoms with van der Waals surface area (Å²) < 4.78 is 1.16. The van der Waals surface area contributed by atoms with Crippen LogP contribution in [-0.4, -0.2) is 0 Å². The van der Waals surface area contributed by atoms with Crippen LogP contribution in [0.1, 0.15) is 57.4 Å². The Morgan fingerprint density at radius 1 is 0.308 bits per heavy atom. The van der Waals surface area contributed by atoms with Gasteiger partial charge in [0, 0.05) is 43.5 Å². The van der Waals surface area contributed by atoms with Crippen molar-refractivity contribution in [2.24, 2.45) is 0 Å². The van der Waals surface area contributed by atoms with Gasteiger partial charge in [0.15, 0.2) is 0 Å². The molecule has 2 nitrogen and oxygen atoms in total. The summed E-state index contributed by atoms with van der Waals surface area (Å²) in [5.74, 6) is 0. The molecule has 14 rings (SSSR count). The normalized spacial score (nSPS) is 12.8. The van der Waals surface area contributed by atoms with Crippen molar-refractivity contribution in [3.8, 4) is 66.8 Å². The molecule has 0 saturated heterocycles. The Bertz CT molecular complexity index is 4150. The van der Waals surface area contributed by atoms with Gasteiger partial charge in [0.2, 0.25) is 0 Å². The Balaban J connectivity index is 0.000000137. The summed E-state index contributed by atoms with van der Waals surface area (Å²) in [4.78, 5) is 0. The maximum atomic E-state index is 6.19. The highest BCUT2D eigenvalue weighted by molar-refractivity contribution is 9.10. The van der Waals surface area contributed by atoms with Gasteiger partial charge in [0.1, 0.15) is 0 Å². The topological polar surface area (TPSA) is 38.0 Å². The molecule has 0 aliphatic heterocycles. The molecule has 2 aliphatic carbocycles. The van der Waals surface area contributed by atoms with Gasteiger partial charge in [-0.05, 0) is 160 Å². The minimum Gasteiger partial charge on any atom is -0.398 e. The second-order valence-corrected chi connectivity index (χ2v) is 22.3. The molecule has 0 aromatic heterocycles. The summed E-state index contributed by atoms with van der Waals surface area (Å²) in [5.41, 5.74) is 29.8. The summed E-state index contributed by atoms with van der Waals surface area (Å²) in [6.45, 7) is 9.25. The smallest absolute Gasteiger partial charge is 0.0464 e. The fourth-order valence-electron chi connectivity index (χ4n) is 11.6. The van der Waals surface area contributed by atoms with Crippen molar-refractivity contribution >= 4 is 54.5 Å². The first-order valence-corrected chi connectivity index (χ1v) is 27.3. The second kappa shape index (κ2) is 21.3. The first-order chi connectivity index (χ1) is 37.5. The number of hydrogen-bond donors (Lipinski definition) is 2. The molecule has 3 heteroatoms. The number of hydrogen-bond acceptors (Lipinski definition) is 2. The molecular formula is C75H63BrN2. The third kappa shape index (κ3) is 9.83. The van der Waals surface area contributed by atoms with Crippen molar-refractivity contribution < 1.29 is 0 Å². The lowest BCUT2D eigenvalue weighted by atomic mass is 9.82. The van der Waals surface area contributed by atoms with Gasteiger partial charge in [-0.15, -0.1) is 0 Å². The van der Waals surface area contributed by atoms with Crippen LogP contribution in [0.4, 0.5) is 17.1 Å². The highest BCUT2D eigenvalue weighted by Crippen LogP contribution is 2.51. The zero-order valence-corrected chi connectivity index (χ0v) is 45.4. The Kier molecular flexibility index (Phi) is 14.0. The van der Waals surface area contributed by atoms with E-state index in [2.05, 4.69) is 292 Å². The number of anilines is 3. The number of nitrogen functional groups attached to an aromatic ring is 1. The van der Waals surface area contributed by atoms with E-state index in [4.69, 9.17) is 5.73 Å². The zero-order valence-electron chi connectivity index (χ0n) is 43.9. The van der Waals surface area contributed by atoms with Crippen molar-refractivity contribution in [1.82, 2.24) is 0 Å².